The summed E-state index contributed by atoms with van der Waals surface area (Å²) in [4.78, 5) is 0. The van der Waals surface area contributed by atoms with E-state index in [1.54, 1.807) is 7.11 Å². The van der Waals surface area contributed by atoms with Crippen LogP contribution in [0.4, 0.5) is 0 Å². The van der Waals surface area contributed by atoms with Gasteiger partial charge in [0.25, 0.3) is 0 Å². The van der Waals surface area contributed by atoms with Gasteiger partial charge in [-0.05, 0) is 52.4 Å². The van der Waals surface area contributed by atoms with Gasteiger partial charge < -0.3 is 4.74 Å². The minimum atomic E-state index is 0.251. The number of benzene rings is 1. The molecule has 0 saturated carbocycles. The molecule has 3 heteroatoms. The first-order chi connectivity index (χ1) is 7.58. The summed E-state index contributed by atoms with van der Waals surface area (Å²) in [5, 5.41) is 0.251. The Morgan fingerprint density at radius 3 is 2.62 bits per heavy atom. The highest BCUT2D eigenvalue weighted by Crippen LogP contribution is 2.27. The SMILES string of the molecule is CCC(Cl)C(C)Cc1ccc(OC)c(Br)c1. The van der Waals surface area contributed by atoms with Crippen LogP contribution in [0, 0.1) is 5.92 Å². The third-order valence-corrected chi connectivity index (χ3v) is 4.14. The zero-order chi connectivity index (χ0) is 12.1. The molecule has 0 radical (unpaired) electrons. The molecule has 90 valence electrons. The molecule has 0 fully saturated rings. The highest BCUT2D eigenvalue weighted by atomic mass is 79.9. The van der Waals surface area contributed by atoms with E-state index in [4.69, 9.17) is 16.3 Å². The molecule has 0 bridgehead atoms. The Hall–Kier alpha value is -0.210. The molecule has 0 N–H and O–H groups in total. The molecular formula is C13H18BrClO. The van der Waals surface area contributed by atoms with Crippen LogP contribution in [0.15, 0.2) is 22.7 Å². The minimum absolute atomic E-state index is 0.251. The lowest BCUT2D eigenvalue weighted by molar-refractivity contribution is 0.411. The molecule has 2 atom stereocenters. The maximum absolute atomic E-state index is 6.23. The Kier molecular flexibility index (Phi) is 5.63. The minimum Gasteiger partial charge on any atom is -0.496 e. The summed E-state index contributed by atoms with van der Waals surface area (Å²) in [6.45, 7) is 4.32. The van der Waals surface area contributed by atoms with Gasteiger partial charge in [-0.2, -0.15) is 0 Å². The van der Waals surface area contributed by atoms with E-state index >= 15 is 0 Å². The number of rotatable bonds is 5. The van der Waals surface area contributed by atoms with Gasteiger partial charge in [0, 0.05) is 5.38 Å². The molecule has 0 spiro atoms. The summed E-state index contributed by atoms with van der Waals surface area (Å²) >= 11 is 9.72. The van der Waals surface area contributed by atoms with Gasteiger partial charge in [-0.15, -0.1) is 11.6 Å². The number of alkyl halides is 1. The predicted molar refractivity (Wildman–Crippen MR) is 73.5 cm³/mol. The van der Waals surface area contributed by atoms with Crippen LogP contribution in [0.2, 0.25) is 0 Å². The lowest BCUT2D eigenvalue weighted by Crippen LogP contribution is -2.13. The first kappa shape index (κ1) is 13.9. The van der Waals surface area contributed by atoms with Gasteiger partial charge in [0.05, 0.1) is 11.6 Å². The Balaban J connectivity index is 2.71. The van der Waals surface area contributed by atoms with E-state index < -0.39 is 0 Å². The summed E-state index contributed by atoms with van der Waals surface area (Å²) < 4.78 is 6.20. The van der Waals surface area contributed by atoms with Crippen molar-refractivity contribution in [1.29, 1.82) is 0 Å². The maximum atomic E-state index is 6.23. The predicted octanol–water partition coefficient (Wildman–Crippen LogP) is 4.65. The summed E-state index contributed by atoms with van der Waals surface area (Å²) in [7, 11) is 1.67. The van der Waals surface area contributed by atoms with Gasteiger partial charge >= 0.3 is 0 Å². The lowest BCUT2D eigenvalue weighted by atomic mass is 9.96. The average Bonchev–Trinajstić information content (AvgIpc) is 2.28. The van der Waals surface area contributed by atoms with Gasteiger partial charge in [-0.3, -0.25) is 0 Å². The van der Waals surface area contributed by atoms with Gasteiger partial charge in [-0.25, -0.2) is 0 Å². The van der Waals surface area contributed by atoms with Crippen LogP contribution in [-0.2, 0) is 6.42 Å². The van der Waals surface area contributed by atoms with Crippen molar-refractivity contribution in [1.82, 2.24) is 0 Å². The van der Waals surface area contributed by atoms with Crippen molar-refractivity contribution in [3.63, 3.8) is 0 Å². The largest absolute Gasteiger partial charge is 0.496 e. The summed E-state index contributed by atoms with van der Waals surface area (Å²) in [6, 6.07) is 6.19. The second-order valence-electron chi connectivity index (χ2n) is 4.07. The van der Waals surface area contributed by atoms with E-state index in [1.165, 1.54) is 5.56 Å². The molecule has 0 aliphatic rings. The number of halogens is 2. The second-order valence-corrected chi connectivity index (χ2v) is 5.49. The first-order valence-corrected chi connectivity index (χ1v) is 6.77. The number of ether oxygens (including phenoxy) is 1. The fraction of sp³-hybridized carbons (Fsp3) is 0.538. The van der Waals surface area contributed by atoms with Gasteiger partial charge in [0.1, 0.15) is 5.75 Å². The Morgan fingerprint density at radius 1 is 1.44 bits per heavy atom. The molecule has 0 aromatic heterocycles. The zero-order valence-corrected chi connectivity index (χ0v) is 12.3. The van der Waals surface area contributed by atoms with E-state index in [0.717, 1.165) is 23.1 Å². The van der Waals surface area contributed by atoms with Crippen molar-refractivity contribution in [3.05, 3.63) is 28.2 Å². The van der Waals surface area contributed by atoms with Gasteiger partial charge in [0.15, 0.2) is 0 Å². The number of hydrogen-bond donors (Lipinski definition) is 0. The van der Waals surface area contributed by atoms with Crippen molar-refractivity contribution in [3.8, 4) is 5.75 Å². The van der Waals surface area contributed by atoms with E-state index in [0.29, 0.717) is 5.92 Å². The Labute approximate surface area is 111 Å². The molecule has 0 aliphatic carbocycles. The Morgan fingerprint density at radius 2 is 2.12 bits per heavy atom. The third kappa shape index (κ3) is 3.67. The summed E-state index contributed by atoms with van der Waals surface area (Å²) in [5.74, 6) is 1.36. The standard InChI is InChI=1S/C13H18BrClO/c1-4-12(15)9(2)7-10-5-6-13(16-3)11(14)8-10/h5-6,8-9,12H,4,7H2,1-3H3. The monoisotopic (exact) mass is 304 g/mol. The summed E-state index contributed by atoms with van der Waals surface area (Å²) in [6.07, 6.45) is 2.02. The fourth-order valence-corrected chi connectivity index (χ4v) is 2.42. The maximum Gasteiger partial charge on any atom is 0.133 e. The van der Waals surface area contributed by atoms with Crippen LogP contribution in [-0.4, -0.2) is 12.5 Å². The highest BCUT2D eigenvalue weighted by molar-refractivity contribution is 9.10. The van der Waals surface area contributed by atoms with Crippen LogP contribution >= 0.6 is 27.5 Å². The smallest absolute Gasteiger partial charge is 0.133 e. The van der Waals surface area contributed by atoms with E-state index in [2.05, 4.69) is 41.9 Å². The van der Waals surface area contributed by atoms with Crippen molar-refractivity contribution < 1.29 is 4.74 Å². The Bertz CT molecular complexity index is 341. The van der Waals surface area contributed by atoms with Gasteiger partial charge in [0.2, 0.25) is 0 Å². The van der Waals surface area contributed by atoms with Crippen LogP contribution in [0.5, 0.6) is 5.75 Å². The highest BCUT2D eigenvalue weighted by Gasteiger charge is 2.13. The second kappa shape index (κ2) is 6.51. The van der Waals surface area contributed by atoms with E-state index in [9.17, 15) is 0 Å². The lowest BCUT2D eigenvalue weighted by Gasteiger charge is -2.16. The van der Waals surface area contributed by atoms with Crippen molar-refractivity contribution in [2.75, 3.05) is 7.11 Å². The molecule has 2 unspecified atom stereocenters. The topological polar surface area (TPSA) is 9.23 Å². The van der Waals surface area contributed by atoms with Crippen molar-refractivity contribution >= 4 is 27.5 Å². The van der Waals surface area contributed by atoms with Crippen LogP contribution in [0.25, 0.3) is 0 Å². The van der Waals surface area contributed by atoms with Crippen LogP contribution in [0.1, 0.15) is 25.8 Å². The normalized spacial score (nSPS) is 14.6. The fourth-order valence-electron chi connectivity index (χ4n) is 1.74. The molecule has 1 aromatic carbocycles. The summed E-state index contributed by atoms with van der Waals surface area (Å²) in [5.41, 5.74) is 1.29. The molecule has 0 saturated heterocycles. The zero-order valence-electron chi connectivity index (χ0n) is 9.97. The van der Waals surface area contributed by atoms with E-state index in [-0.39, 0.29) is 5.38 Å². The van der Waals surface area contributed by atoms with Crippen molar-refractivity contribution in [2.45, 2.75) is 32.1 Å². The van der Waals surface area contributed by atoms with Crippen LogP contribution in [0.3, 0.4) is 0 Å². The molecule has 1 nitrogen and oxygen atoms in total. The molecule has 0 heterocycles. The number of hydrogen-bond acceptors (Lipinski definition) is 1. The molecular weight excluding hydrogens is 287 g/mol. The third-order valence-electron chi connectivity index (χ3n) is 2.78. The molecule has 0 amide bonds. The van der Waals surface area contributed by atoms with Gasteiger partial charge in [-0.1, -0.05) is 19.9 Å². The van der Waals surface area contributed by atoms with Crippen LogP contribution < -0.4 is 4.74 Å². The molecule has 1 aromatic rings. The quantitative estimate of drug-likeness (QED) is 0.719. The first-order valence-electron chi connectivity index (χ1n) is 5.55. The van der Waals surface area contributed by atoms with E-state index in [1.807, 2.05) is 6.07 Å². The number of methoxy groups -OCH3 is 1. The molecule has 16 heavy (non-hydrogen) atoms. The molecule has 1 rings (SSSR count). The molecule has 0 aliphatic heterocycles. The average molecular weight is 306 g/mol. The van der Waals surface area contributed by atoms with Crippen molar-refractivity contribution in [2.24, 2.45) is 5.92 Å².